The molecule has 114 valence electrons. The number of carbonyl (C=O) groups is 3. The van der Waals surface area contributed by atoms with Crippen LogP contribution in [0.4, 0.5) is 4.79 Å². The Morgan fingerprint density at radius 1 is 1.30 bits per heavy atom. The van der Waals surface area contributed by atoms with Crippen molar-refractivity contribution in [3.63, 3.8) is 0 Å². The Morgan fingerprint density at radius 3 is 2.30 bits per heavy atom. The third kappa shape index (κ3) is 4.37. The van der Waals surface area contributed by atoms with E-state index >= 15 is 0 Å². The van der Waals surface area contributed by atoms with Gasteiger partial charge in [-0.2, -0.15) is 0 Å². The zero-order chi connectivity index (χ0) is 15.3. The minimum absolute atomic E-state index is 0.113. The summed E-state index contributed by atoms with van der Waals surface area (Å²) in [6, 6.07) is -2.10. The molecule has 1 fully saturated rings. The predicted octanol–water partition coefficient (Wildman–Crippen LogP) is -0.916. The Kier molecular flexibility index (Phi) is 5.75. The average molecular weight is 287 g/mol. The van der Waals surface area contributed by atoms with Gasteiger partial charge in [0.05, 0.1) is 6.10 Å². The first-order chi connectivity index (χ1) is 9.32. The fourth-order valence-corrected chi connectivity index (χ4v) is 1.97. The smallest absolute Gasteiger partial charge is 0.328 e. The molecule has 0 saturated carbocycles. The molecule has 1 aliphatic rings. The van der Waals surface area contributed by atoms with E-state index in [1.807, 2.05) is 0 Å². The van der Waals surface area contributed by atoms with Gasteiger partial charge in [-0.15, -0.1) is 0 Å². The quantitative estimate of drug-likeness (QED) is 0.606. The Labute approximate surface area is 117 Å². The third-order valence-corrected chi connectivity index (χ3v) is 3.21. The molecule has 1 aliphatic heterocycles. The van der Waals surface area contributed by atoms with Crippen LogP contribution >= 0.6 is 0 Å². The number of urea groups is 1. The molecule has 8 nitrogen and oxygen atoms in total. The number of carboxylic acid groups (broad SMARTS) is 1. The molecule has 2 atom stereocenters. The second kappa shape index (κ2) is 7.09. The first-order valence-electron chi connectivity index (χ1n) is 6.53. The van der Waals surface area contributed by atoms with Crippen LogP contribution in [0.2, 0.25) is 0 Å². The zero-order valence-electron chi connectivity index (χ0n) is 11.7. The van der Waals surface area contributed by atoms with Crippen LogP contribution in [-0.2, 0) is 9.59 Å². The molecule has 1 heterocycles. The minimum Gasteiger partial charge on any atom is -0.480 e. The number of aliphatic carboxylic acids is 1. The highest BCUT2D eigenvalue weighted by atomic mass is 16.4. The summed E-state index contributed by atoms with van der Waals surface area (Å²) in [5, 5.41) is 20.3. The lowest BCUT2D eigenvalue weighted by molar-refractivity contribution is -0.141. The van der Waals surface area contributed by atoms with Crippen LogP contribution in [0, 0.1) is 0 Å². The molecule has 3 N–H and O–H groups in total. The van der Waals surface area contributed by atoms with Crippen molar-refractivity contribution in [1.29, 1.82) is 0 Å². The van der Waals surface area contributed by atoms with E-state index in [0.717, 1.165) is 17.7 Å². The SMILES string of the molecule is C[C@@H](O)[C@H](NC(=O)N(C)CC(=O)N1CCCC1)C(=O)O. The van der Waals surface area contributed by atoms with Crippen LogP contribution in [0.5, 0.6) is 0 Å². The molecule has 0 aromatic heterocycles. The van der Waals surface area contributed by atoms with Gasteiger partial charge in [-0.3, -0.25) is 4.79 Å². The first-order valence-corrected chi connectivity index (χ1v) is 6.53. The molecule has 0 spiro atoms. The number of amides is 3. The van der Waals surface area contributed by atoms with Gasteiger partial charge in [0.25, 0.3) is 0 Å². The van der Waals surface area contributed by atoms with Crippen LogP contribution in [0.15, 0.2) is 0 Å². The van der Waals surface area contributed by atoms with Crippen LogP contribution in [-0.4, -0.2) is 76.7 Å². The number of hydrogen-bond acceptors (Lipinski definition) is 4. The zero-order valence-corrected chi connectivity index (χ0v) is 11.7. The molecule has 0 aromatic rings. The standard InChI is InChI=1S/C12H21N3O5/c1-8(16)10(11(18)19)13-12(20)14(2)7-9(17)15-5-3-4-6-15/h8,10,16H,3-7H2,1-2H3,(H,13,20)(H,18,19)/t8-,10+/m1/s1. The second-order valence-electron chi connectivity index (χ2n) is 4.95. The monoisotopic (exact) mass is 287 g/mol. The number of hydrogen-bond donors (Lipinski definition) is 3. The second-order valence-corrected chi connectivity index (χ2v) is 4.95. The maximum atomic E-state index is 11.9. The number of nitrogens with one attached hydrogen (secondary N) is 1. The van der Waals surface area contributed by atoms with Gasteiger partial charge in [0.2, 0.25) is 5.91 Å². The van der Waals surface area contributed by atoms with Crippen molar-refractivity contribution in [2.45, 2.75) is 31.9 Å². The summed E-state index contributed by atoms with van der Waals surface area (Å²) in [5.74, 6) is -1.49. The van der Waals surface area contributed by atoms with Crippen LogP contribution in [0.1, 0.15) is 19.8 Å². The number of likely N-dealkylation sites (tertiary alicyclic amines) is 1. The number of rotatable bonds is 5. The molecule has 0 aliphatic carbocycles. The van der Waals surface area contributed by atoms with E-state index in [1.165, 1.54) is 14.0 Å². The highest BCUT2D eigenvalue weighted by molar-refractivity contribution is 5.86. The van der Waals surface area contributed by atoms with Crippen LogP contribution < -0.4 is 5.32 Å². The van der Waals surface area contributed by atoms with E-state index in [0.29, 0.717) is 13.1 Å². The fourth-order valence-electron chi connectivity index (χ4n) is 1.97. The lowest BCUT2D eigenvalue weighted by atomic mass is 10.2. The molecule has 0 unspecified atom stereocenters. The Morgan fingerprint density at radius 2 is 1.85 bits per heavy atom. The molecule has 20 heavy (non-hydrogen) atoms. The molecule has 1 rings (SSSR count). The molecule has 0 radical (unpaired) electrons. The van der Waals surface area contributed by atoms with Gasteiger partial charge in [0.15, 0.2) is 6.04 Å². The topological polar surface area (TPSA) is 110 Å². The fraction of sp³-hybridized carbons (Fsp3) is 0.750. The van der Waals surface area contributed by atoms with Crippen LogP contribution in [0.3, 0.4) is 0 Å². The number of likely N-dealkylation sites (N-methyl/N-ethyl adjacent to an activating group) is 1. The normalized spacial score (nSPS) is 17.4. The predicted molar refractivity (Wildman–Crippen MR) is 70.1 cm³/mol. The summed E-state index contributed by atoms with van der Waals surface area (Å²) in [6.07, 6.45) is 0.703. The highest BCUT2D eigenvalue weighted by Gasteiger charge is 2.27. The van der Waals surface area contributed by atoms with E-state index in [9.17, 15) is 19.5 Å². The van der Waals surface area contributed by atoms with E-state index < -0.39 is 24.1 Å². The molecular weight excluding hydrogens is 266 g/mol. The van der Waals surface area contributed by atoms with E-state index in [1.54, 1.807) is 4.90 Å². The van der Waals surface area contributed by atoms with Gasteiger partial charge in [-0.1, -0.05) is 0 Å². The van der Waals surface area contributed by atoms with Crippen molar-refractivity contribution in [2.75, 3.05) is 26.7 Å². The molecule has 8 heteroatoms. The summed E-state index contributed by atoms with van der Waals surface area (Å²) in [4.78, 5) is 37.3. The minimum atomic E-state index is -1.40. The van der Waals surface area contributed by atoms with E-state index in [2.05, 4.69) is 5.32 Å². The number of carboxylic acids is 1. The van der Waals surface area contributed by atoms with Crippen molar-refractivity contribution >= 4 is 17.9 Å². The number of aliphatic hydroxyl groups is 1. The maximum Gasteiger partial charge on any atom is 0.328 e. The summed E-state index contributed by atoms with van der Waals surface area (Å²) < 4.78 is 0. The van der Waals surface area contributed by atoms with Gasteiger partial charge in [-0.25, -0.2) is 9.59 Å². The Balaban J connectivity index is 2.49. The summed E-state index contributed by atoms with van der Waals surface area (Å²) in [6.45, 7) is 2.55. The number of aliphatic hydroxyl groups excluding tert-OH is 1. The number of carbonyl (C=O) groups excluding carboxylic acids is 2. The lowest BCUT2D eigenvalue weighted by Crippen LogP contribution is -2.53. The Bertz CT molecular complexity index is 379. The summed E-state index contributed by atoms with van der Waals surface area (Å²) in [5.41, 5.74) is 0. The first kappa shape index (κ1) is 16.2. The molecule has 1 saturated heterocycles. The van der Waals surface area contributed by atoms with Crippen molar-refractivity contribution in [3.05, 3.63) is 0 Å². The summed E-state index contributed by atoms with van der Waals surface area (Å²) in [7, 11) is 1.41. The molecule has 0 aromatic carbocycles. The van der Waals surface area contributed by atoms with E-state index in [-0.39, 0.29) is 12.5 Å². The maximum absolute atomic E-state index is 11.9. The van der Waals surface area contributed by atoms with Gasteiger partial charge in [-0.05, 0) is 19.8 Å². The molecule has 0 bridgehead atoms. The molecular formula is C12H21N3O5. The van der Waals surface area contributed by atoms with Gasteiger partial charge in [0, 0.05) is 20.1 Å². The van der Waals surface area contributed by atoms with E-state index in [4.69, 9.17) is 5.11 Å². The van der Waals surface area contributed by atoms with Gasteiger partial charge >= 0.3 is 12.0 Å². The van der Waals surface area contributed by atoms with Gasteiger partial charge in [0.1, 0.15) is 6.54 Å². The highest BCUT2D eigenvalue weighted by Crippen LogP contribution is 2.07. The van der Waals surface area contributed by atoms with Crippen molar-refractivity contribution in [2.24, 2.45) is 0 Å². The number of nitrogens with zero attached hydrogens (tertiary/aromatic N) is 2. The lowest BCUT2D eigenvalue weighted by Gasteiger charge is -2.24. The van der Waals surface area contributed by atoms with Crippen molar-refractivity contribution < 1.29 is 24.6 Å². The van der Waals surface area contributed by atoms with Crippen LogP contribution in [0.25, 0.3) is 0 Å². The molecule has 3 amide bonds. The summed E-state index contributed by atoms with van der Waals surface area (Å²) >= 11 is 0. The third-order valence-electron chi connectivity index (χ3n) is 3.21. The largest absolute Gasteiger partial charge is 0.480 e. The van der Waals surface area contributed by atoms with Crippen molar-refractivity contribution in [1.82, 2.24) is 15.1 Å². The van der Waals surface area contributed by atoms with Gasteiger partial charge < -0.3 is 25.3 Å². The average Bonchev–Trinajstić information content (AvgIpc) is 2.88. The Hall–Kier alpha value is -1.83. The van der Waals surface area contributed by atoms with Crippen molar-refractivity contribution in [3.8, 4) is 0 Å².